The van der Waals surface area contributed by atoms with Crippen LogP contribution in [-0.2, 0) is 14.9 Å². The molecule has 0 saturated carbocycles. The summed E-state index contributed by atoms with van der Waals surface area (Å²) < 4.78 is 11.4. The Labute approximate surface area is 138 Å². The second kappa shape index (κ2) is 7.93. The molecule has 0 N–H and O–H groups in total. The van der Waals surface area contributed by atoms with E-state index in [0.717, 1.165) is 56.6 Å². The Bertz CT molecular complexity index is 488. The van der Waals surface area contributed by atoms with Crippen molar-refractivity contribution in [2.75, 3.05) is 39.5 Å². The van der Waals surface area contributed by atoms with Crippen LogP contribution in [0.3, 0.4) is 0 Å². The first-order valence-corrected chi connectivity index (χ1v) is 8.82. The maximum Gasteiger partial charge on any atom is 0.132 e. The van der Waals surface area contributed by atoms with Gasteiger partial charge in [-0.1, -0.05) is 12.1 Å². The Morgan fingerprint density at radius 3 is 2.61 bits per heavy atom. The van der Waals surface area contributed by atoms with Gasteiger partial charge < -0.3 is 19.2 Å². The first-order chi connectivity index (χ1) is 11.3. The van der Waals surface area contributed by atoms with E-state index in [0.29, 0.717) is 6.61 Å². The molecule has 4 heteroatoms. The van der Waals surface area contributed by atoms with Crippen LogP contribution in [0.4, 0.5) is 0 Å². The minimum absolute atomic E-state index is 0.466. The van der Waals surface area contributed by atoms with Crippen molar-refractivity contribution in [2.24, 2.45) is 0 Å². The van der Waals surface area contributed by atoms with Crippen molar-refractivity contribution in [1.82, 2.24) is 4.90 Å². The number of carbonyl (C=O) groups is 1. The zero-order valence-electron chi connectivity index (χ0n) is 13.8. The Balaban J connectivity index is 1.49. The van der Waals surface area contributed by atoms with E-state index in [1.165, 1.54) is 25.9 Å². The number of likely N-dealkylation sites (tertiary alicyclic amines) is 1. The molecule has 2 aliphatic heterocycles. The highest BCUT2D eigenvalue weighted by Gasteiger charge is 2.34. The molecule has 126 valence electrons. The van der Waals surface area contributed by atoms with Crippen LogP contribution in [0.5, 0.6) is 5.75 Å². The van der Waals surface area contributed by atoms with Crippen molar-refractivity contribution in [3.8, 4) is 5.75 Å². The Morgan fingerprint density at radius 1 is 1.17 bits per heavy atom. The number of nitrogens with zero attached hydrogens (tertiary/aromatic N) is 1. The van der Waals surface area contributed by atoms with Crippen LogP contribution in [0.15, 0.2) is 24.3 Å². The molecule has 2 heterocycles. The van der Waals surface area contributed by atoms with Crippen molar-refractivity contribution in [1.29, 1.82) is 0 Å². The molecule has 1 atom stereocenters. The highest BCUT2D eigenvalue weighted by atomic mass is 16.5. The van der Waals surface area contributed by atoms with E-state index in [9.17, 15) is 4.79 Å². The van der Waals surface area contributed by atoms with Crippen LogP contribution < -0.4 is 4.74 Å². The summed E-state index contributed by atoms with van der Waals surface area (Å²) in [6, 6.07) is 7.98. The third-order valence-electron chi connectivity index (χ3n) is 5.01. The van der Waals surface area contributed by atoms with Crippen LogP contribution >= 0.6 is 0 Å². The van der Waals surface area contributed by atoms with Crippen molar-refractivity contribution >= 4 is 6.29 Å². The van der Waals surface area contributed by atoms with Crippen molar-refractivity contribution < 1.29 is 14.3 Å². The van der Waals surface area contributed by atoms with E-state index >= 15 is 0 Å². The number of ether oxygens (including phenoxy) is 2. The van der Waals surface area contributed by atoms with E-state index in [-0.39, 0.29) is 0 Å². The number of hydrogen-bond acceptors (Lipinski definition) is 4. The molecule has 2 fully saturated rings. The van der Waals surface area contributed by atoms with E-state index < -0.39 is 5.41 Å². The zero-order chi connectivity index (χ0) is 16.0. The third-order valence-corrected chi connectivity index (χ3v) is 5.01. The van der Waals surface area contributed by atoms with E-state index in [4.69, 9.17) is 9.47 Å². The van der Waals surface area contributed by atoms with Gasteiger partial charge in [0.2, 0.25) is 0 Å². The number of benzene rings is 1. The van der Waals surface area contributed by atoms with Gasteiger partial charge in [-0.15, -0.1) is 0 Å². The molecule has 0 aliphatic carbocycles. The normalized spacial score (nSPS) is 25.4. The summed E-state index contributed by atoms with van der Waals surface area (Å²) in [7, 11) is 0. The van der Waals surface area contributed by atoms with Gasteiger partial charge in [0.15, 0.2) is 0 Å². The van der Waals surface area contributed by atoms with Gasteiger partial charge in [0.1, 0.15) is 12.0 Å². The molecular formula is C19H27NO3. The zero-order valence-corrected chi connectivity index (χ0v) is 13.8. The minimum Gasteiger partial charge on any atom is -0.494 e. The summed E-state index contributed by atoms with van der Waals surface area (Å²) in [5.41, 5.74) is 0.573. The molecule has 0 radical (unpaired) electrons. The van der Waals surface area contributed by atoms with Crippen LogP contribution in [0.25, 0.3) is 0 Å². The molecule has 4 nitrogen and oxygen atoms in total. The molecule has 0 spiro atoms. The number of carbonyl (C=O) groups excluding carboxylic acids is 1. The first kappa shape index (κ1) is 16.5. The maximum atomic E-state index is 11.6. The Hall–Kier alpha value is -1.39. The largest absolute Gasteiger partial charge is 0.494 e. The summed E-state index contributed by atoms with van der Waals surface area (Å²) in [6.45, 7) is 5.61. The number of aldehydes is 1. The van der Waals surface area contributed by atoms with Gasteiger partial charge >= 0.3 is 0 Å². The fraction of sp³-hybridized carbons (Fsp3) is 0.632. The van der Waals surface area contributed by atoms with Crippen molar-refractivity contribution in [2.45, 2.75) is 37.5 Å². The molecule has 2 saturated heterocycles. The molecule has 0 bridgehead atoms. The molecule has 1 unspecified atom stereocenters. The summed E-state index contributed by atoms with van der Waals surface area (Å²) >= 11 is 0. The second-order valence-corrected chi connectivity index (χ2v) is 6.71. The predicted octanol–water partition coefficient (Wildman–Crippen LogP) is 2.80. The Morgan fingerprint density at radius 2 is 1.96 bits per heavy atom. The molecule has 3 rings (SSSR count). The van der Waals surface area contributed by atoms with Gasteiger partial charge in [0.05, 0.1) is 18.6 Å². The lowest BCUT2D eigenvalue weighted by molar-refractivity contribution is -0.117. The van der Waals surface area contributed by atoms with Crippen LogP contribution in [0.1, 0.15) is 37.7 Å². The monoisotopic (exact) mass is 317 g/mol. The predicted molar refractivity (Wildman–Crippen MR) is 90.0 cm³/mol. The van der Waals surface area contributed by atoms with Gasteiger partial charge in [-0.05, 0) is 62.9 Å². The van der Waals surface area contributed by atoms with Crippen molar-refractivity contribution in [3.63, 3.8) is 0 Å². The summed E-state index contributed by atoms with van der Waals surface area (Å²) in [4.78, 5) is 14.1. The quantitative estimate of drug-likeness (QED) is 0.572. The fourth-order valence-electron chi connectivity index (χ4n) is 3.57. The SMILES string of the molecule is O=CC1(c2ccc(OCCCN3CCCC3)cc2)CCCOC1. The summed E-state index contributed by atoms with van der Waals surface area (Å²) in [6.07, 6.45) is 6.60. The second-order valence-electron chi connectivity index (χ2n) is 6.71. The average molecular weight is 317 g/mol. The van der Waals surface area contributed by atoms with Crippen LogP contribution in [-0.4, -0.2) is 50.6 Å². The topological polar surface area (TPSA) is 38.8 Å². The number of hydrogen-bond donors (Lipinski definition) is 0. The fourth-order valence-corrected chi connectivity index (χ4v) is 3.57. The molecule has 1 aromatic carbocycles. The average Bonchev–Trinajstić information content (AvgIpc) is 3.13. The smallest absolute Gasteiger partial charge is 0.132 e. The van der Waals surface area contributed by atoms with E-state index in [1.54, 1.807) is 0 Å². The lowest BCUT2D eigenvalue weighted by atomic mass is 9.77. The highest BCUT2D eigenvalue weighted by molar-refractivity contribution is 5.69. The van der Waals surface area contributed by atoms with Crippen LogP contribution in [0, 0.1) is 0 Å². The molecule has 0 aromatic heterocycles. The first-order valence-electron chi connectivity index (χ1n) is 8.82. The molecular weight excluding hydrogens is 290 g/mol. The Kier molecular flexibility index (Phi) is 5.68. The summed E-state index contributed by atoms with van der Waals surface area (Å²) in [5, 5.41) is 0. The van der Waals surface area contributed by atoms with Crippen molar-refractivity contribution in [3.05, 3.63) is 29.8 Å². The minimum atomic E-state index is -0.466. The molecule has 23 heavy (non-hydrogen) atoms. The van der Waals surface area contributed by atoms with Gasteiger partial charge in [-0.25, -0.2) is 0 Å². The van der Waals surface area contributed by atoms with Gasteiger partial charge in [0.25, 0.3) is 0 Å². The van der Waals surface area contributed by atoms with E-state index in [2.05, 4.69) is 4.90 Å². The molecule has 2 aliphatic rings. The number of rotatable bonds is 7. The standard InChI is InChI=1S/C19H27NO3/c21-15-19(9-3-13-22-16-19)17-5-7-18(8-6-17)23-14-4-12-20-10-1-2-11-20/h5-8,15H,1-4,9-14,16H2. The van der Waals surface area contributed by atoms with Crippen LogP contribution in [0.2, 0.25) is 0 Å². The third kappa shape index (κ3) is 4.12. The maximum absolute atomic E-state index is 11.6. The lowest BCUT2D eigenvalue weighted by Gasteiger charge is -2.32. The van der Waals surface area contributed by atoms with E-state index in [1.807, 2.05) is 24.3 Å². The van der Waals surface area contributed by atoms with Gasteiger partial charge in [-0.2, -0.15) is 0 Å². The van der Waals surface area contributed by atoms with Gasteiger partial charge in [0, 0.05) is 13.2 Å². The highest BCUT2D eigenvalue weighted by Crippen LogP contribution is 2.32. The molecule has 0 amide bonds. The molecule has 1 aromatic rings. The van der Waals surface area contributed by atoms with Gasteiger partial charge in [-0.3, -0.25) is 0 Å². The lowest BCUT2D eigenvalue weighted by Crippen LogP contribution is -2.37. The summed E-state index contributed by atoms with van der Waals surface area (Å²) in [5.74, 6) is 0.882.